The van der Waals surface area contributed by atoms with Gasteiger partial charge in [-0.15, -0.1) is 0 Å². The minimum Gasteiger partial charge on any atom is -0.398 e. The van der Waals surface area contributed by atoms with Crippen molar-refractivity contribution in [1.29, 1.82) is 0 Å². The number of hydrogen-bond acceptors (Lipinski definition) is 6. The molecule has 0 saturated heterocycles. The van der Waals surface area contributed by atoms with Crippen LogP contribution in [-0.2, 0) is 0 Å². The summed E-state index contributed by atoms with van der Waals surface area (Å²) >= 11 is 0. The molecule has 0 bridgehead atoms. The average Bonchev–Trinajstić information content (AvgIpc) is 2.47. The molecular weight excluding hydrogens is 308 g/mol. The van der Waals surface area contributed by atoms with Crippen LogP contribution in [0.3, 0.4) is 0 Å². The van der Waals surface area contributed by atoms with Crippen molar-refractivity contribution in [3.05, 3.63) is 22.0 Å². The van der Waals surface area contributed by atoms with Crippen LogP contribution < -0.4 is 22.3 Å². The van der Waals surface area contributed by atoms with Gasteiger partial charge in [-0.05, 0) is 41.0 Å². The molecule has 0 aliphatic carbocycles. The van der Waals surface area contributed by atoms with Gasteiger partial charge >= 0.3 is 0 Å². The van der Waals surface area contributed by atoms with Crippen molar-refractivity contribution in [1.82, 2.24) is 19.7 Å². The molecule has 8 heteroatoms. The Bertz CT molecular complexity index is 638. The summed E-state index contributed by atoms with van der Waals surface area (Å²) in [5.74, 6) is -0.292. The van der Waals surface area contributed by atoms with Crippen molar-refractivity contribution in [2.24, 2.45) is 0 Å². The van der Waals surface area contributed by atoms with Crippen LogP contribution in [0.25, 0.3) is 0 Å². The molecule has 8 nitrogen and oxygen atoms in total. The zero-order chi connectivity index (χ0) is 18.6. The maximum Gasteiger partial charge on any atom is 0.258 e. The molecule has 1 aromatic rings. The summed E-state index contributed by atoms with van der Waals surface area (Å²) in [6.07, 6.45) is 0.998. The van der Waals surface area contributed by atoms with Crippen LogP contribution in [-0.4, -0.2) is 54.6 Å². The largest absolute Gasteiger partial charge is 0.398 e. The number of carbonyl (C=O) groups is 1. The van der Waals surface area contributed by atoms with Crippen molar-refractivity contribution < 1.29 is 4.79 Å². The highest BCUT2D eigenvalue weighted by Gasteiger charge is 2.24. The smallest absolute Gasteiger partial charge is 0.258 e. The molecule has 1 amide bonds. The van der Waals surface area contributed by atoms with Gasteiger partial charge in [0.2, 0.25) is 0 Å². The standard InChI is InChI=1S/C16H30N6O2/c1-7-11(20(3)4)19-16(24)14-10(17)9-13(23)22(15(14)18)12(8-2)21(5)6/h9,11-12H,7-8,17-18H2,1-6H3,(H,19,24). The number of nitrogens with zero attached hydrogens (tertiary/aromatic N) is 3. The fourth-order valence-corrected chi connectivity index (χ4v) is 2.82. The molecule has 2 unspecified atom stereocenters. The van der Waals surface area contributed by atoms with E-state index in [2.05, 4.69) is 5.32 Å². The van der Waals surface area contributed by atoms with E-state index in [1.165, 1.54) is 10.6 Å². The second-order valence-corrected chi connectivity index (χ2v) is 6.28. The highest BCUT2D eigenvalue weighted by atomic mass is 16.2. The quantitative estimate of drug-likeness (QED) is 0.625. The lowest BCUT2D eigenvalue weighted by molar-refractivity contribution is 0.0887. The zero-order valence-electron chi connectivity index (χ0n) is 15.5. The summed E-state index contributed by atoms with van der Waals surface area (Å²) in [4.78, 5) is 28.8. The molecule has 136 valence electrons. The highest BCUT2D eigenvalue weighted by Crippen LogP contribution is 2.23. The summed E-state index contributed by atoms with van der Waals surface area (Å²) in [6.45, 7) is 3.92. The van der Waals surface area contributed by atoms with Gasteiger partial charge in [0.25, 0.3) is 11.5 Å². The van der Waals surface area contributed by atoms with Gasteiger partial charge in [0.1, 0.15) is 11.4 Å². The molecule has 1 heterocycles. The normalized spacial score (nSPS) is 14.0. The molecule has 0 aliphatic rings. The van der Waals surface area contributed by atoms with E-state index in [4.69, 9.17) is 11.5 Å². The molecule has 0 saturated carbocycles. The van der Waals surface area contributed by atoms with E-state index < -0.39 is 0 Å². The number of hydrogen-bond donors (Lipinski definition) is 3. The van der Waals surface area contributed by atoms with Gasteiger partial charge in [0, 0.05) is 6.07 Å². The van der Waals surface area contributed by atoms with Gasteiger partial charge in [-0.25, -0.2) is 0 Å². The molecule has 0 aromatic carbocycles. The van der Waals surface area contributed by atoms with Crippen molar-refractivity contribution >= 4 is 17.4 Å². The summed E-state index contributed by atoms with van der Waals surface area (Å²) < 4.78 is 1.42. The number of pyridine rings is 1. The Kier molecular flexibility index (Phi) is 6.80. The van der Waals surface area contributed by atoms with Crippen LogP contribution in [0.1, 0.15) is 43.2 Å². The molecule has 24 heavy (non-hydrogen) atoms. The first kappa shape index (κ1) is 20.0. The van der Waals surface area contributed by atoms with Gasteiger partial charge in [0.15, 0.2) is 0 Å². The topological polar surface area (TPSA) is 110 Å². The number of nitrogen functional groups attached to an aromatic ring is 2. The molecule has 0 radical (unpaired) electrons. The molecule has 1 rings (SSSR count). The third-order valence-electron chi connectivity index (χ3n) is 4.11. The number of nitrogens with one attached hydrogen (secondary N) is 1. The Hall–Kier alpha value is -2.06. The molecule has 5 N–H and O–H groups in total. The molecule has 1 aromatic heterocycles. The van der Waals surface area contributed by atoms with Gasteiger partial charge in [-0.2, -0.15) is 0 Å². The Morgan fingerprint density at radius 3 is 2.17 bits per heavy atom. The number of carbonyl (C=O) groups excluding carboxylic acids is 1. The van der Waals surface area contributed by atoms with E-state index in [0.717, 1.165) is 6.42 Å². The summed E-state index contributed by atoms with van der Waals surface area (Å²) in [5.41, 5.74) is 12.0. The van der Waals surface area contributed by atoms with E-state index in [-0.39, 0.29) is 40.9 Å². The first-order valence-electron chi connectivity index (χ1n) is 8.09. The van der Waals surface area contributed by atoms with E-state index in [1.807, 2.05) is 51.8 Å². The third kappa shape index (κ3) is 4.07. The third-order valence-corrected chi connectivity index (χ3v) is 4.11. The average molecular weight is 338 g/mol. The van der Waals surface area contributed by atoms with Gasteiger partial charge in [-0.1, -0.05) is 13.8 Å². The monoisotopic (exact) mass is 338 g/mol. The first-order valence-corrected chi connectivity index (χ1v) is 8.09. The van der Waals surface area contributed by atoms with Crippen molar-refractivity contribution in [2.45, 2.75) is 39.0 Å². The lowest BCUT2D eigenvalue weighted by Crippen LogP contribution is -2.45. The molecular formula is C16H30N6O2. The first-order chi connectivity index (χ1) is 11.1. The second-order valence-electron chi connectivity index (χ2n) is 6.28. The second kappa shape index (κ2) is 8.16. The Morgan fingerprint density at radius 1 is 1.17 bits per heavy atom. The van der Waals surface area contributed by atoms with Crippen molar-refractivity contribution in [3.63, 3.8) is 0 Å². The van der Waals surface area contributed by atoms with Crippen LogP contribution >= 0.6 is 0 Å². The lowest BCUT2D eigenvalue weighted by Gasteiger charge is -2.29. The Balaban J connectivity index is 3.39. The van der Waals surface area contributed by atoms with E-state index in [9.17, 15) is 9.59 Å². The van der Waals surface area contributed by atoms with E-state index in [1.54, 1.807) is 0 Å². The SMILES string of the molecule is CCC(NC(=O)c1c(N)cc(=O)n(C(CC)N(C)C)c1N)N(C)C. The van der Waals surface area contributed by atoms with Crippen molar-refractivity contribution in [2.75, 3.05) is 39.7 Å². The van der Waals surface area contributed by atoms with Crippen LogP contribution in [0, 0.1) is 0 Å². The summed E-state index contributed by atoms with van der Waals surface area (Å²) in [5, 5.41) is 2.89. The number of rotatable bonds is 7. The number of nitrogens with two attached hydrogens (primary N) is 2. The van der Waals surface area contributed by atoms with E-state index in [0.29, 0.717) is 6.42 Å². The number of aromatic nitrogens is 1. The summed E-state index contributed by atoms with van der Waals surface area (Å²) in [7, 11) is 7.47. The molecule has 2 atom stereocenters. The maximum atomic E-state index is 12.7. The fourth-order valence-electron chi connectivity index (χ4n) is 2.82. The van der Waals surface area contributed by atoms with Crippen LogP contribution in [0.5, 0.6) is 0 Å². The summed E-state index contributed by atoms with van der Waals surface area (Å²) in [6, 6.07) is 1.26. The molecule has 0 fully saturated rings. The van der Waals surface area contributed by atoms with Crippen LogP contribution in [0.4, 0.5) is 11.5 Å². The van der Waals surface area contributed by atoms with Crippen LogP contribution in [0.2, 0.25) is 0 Å². The van der Waals surface area contributed by atoms with E-state index >= 15 is 0 Å². The molecule has 0 spiro atoms. The predicted octanol–water partition coefficient (Wildman–Crippen LogP) is 0.510. The van der Waals surface area contributed by atoms with Crippen LogP contribution in [0.15, 0.2) is 10.9 Å². The Labute approximate surface area is 143 Å². The van der Waals surface area contributed by atoms with Gasteiger partial charge in [-0.3, -0.25) is 24.0 Å². The molecule has 0 aliphatic heterocycles. The lowest BCUT2D eigenvalue weighted by atomic mass is 10.1. The minimum absolute atomic E-state index is 0.0895. The highest BCUT2D eigenvalue weighted by molar-refractivity contribution is 6.03. The maximum absolute atomic E-state index is 12.7. The number of anilines is 2. The number of amides is 1. The zero-order valence-corrected chi connectivity index (χ0v) is 15.5. The van der Waals surface area contributed by atoms with Gasteiger partial charge < -0.3 is 16.8 Å². The Morgan fingerprint density at radius 2 is 1.75 bits per heavy atom. The predicted molar refractivity (Wildman–Crippen MR) is 97.8 cm³/mol. The fraction of sp³-hybridized carbons (Fsp3) is 0.625. The van der Waals surface area contributed by atoms with Gasteiger partial charge in [0.05, 0.1) is 18.0 Å². The van der Waals surface area contributed by atoms with Crippen molar-refractivity contribution in [3.8, 4) is 0 Å². The minimum atomic E-state index is -0.382.